The molecule has 1 heterocycles. The highest BCUT2D eigenvalue weighted by Crippen LogP contribution is 2.66. The summed E-state index contributed by atoms with van der Waals surface area (Å²) < 4.78 is 0. The quantitative estimate of drug-likeness (QED) is 0.784. The van der Waals surface area contributed by atoms with Crippen LogP contribution in [0.2, 0.25) is 5.02 Å². The number of hydrogen-bond donors (Lipinski definition) is 1. The molecule has 2 aliphatic carbocycles. The molecule has 1 aromatic carbocycles. The van der Waals surface area contributed by atoms with Gasteiger partial charge >= 0.3 is 0 Å². The van der Waals surface area contributed by atoms with Crippen LogP contribution in [0.1, 0.15) is 50.9 Å². The van der Waals surface area contributed by atoms with Gasteiger partial charge in [0, 0.05) is 11.3 Å². The summed E-state index contributed by atoms with van der Waals surface area (Å²) in [6, 6.07) is 7.18. The Hall–Kier alpha value is -1.66. The van der Waals surface area contributed by atoms with Crippen molar-refractivity contribution in [2.45, 2.75) is 50.1 Å². The summed E-state index contributed by atoms with van der Waals surface area (Å²) in [5.41, 5.74) is 2.93. The predicted octanol–water partition coefficient (Wildman–Crippen LogP) is 4.43. The topological polar surface area (TPSA) is 67.8 Å². The number of carbonyl (C=O) groups excluding carboxylic acids is 1. The fraction of sp³-hybridized carbons (Fsp3) is 0.474. The summed E-state index contributed by atoms with van der Waals surface area (Å²) in [4.78, 5) is 17.0. The summed E-state index contributed by atoms with van der Waals surface area (Å²) in [5, 5.41) is 12.6. The second kappa shape index (κ2) is 6.20. The van der Waals surface area contributed by atoms with Crippen molar-refractivity contribution in [1.82, 2.24) is 15.2 Å². The molecule has 0 aliphatic heterocycles. The molecule has 2 aromatic rings. The minimum absolute atomic E-state index is 0.0398. The van der Waals surface area contributed by atoms with E-state index in [-0.39, 0.29) is 22.5 Å². The van der Waals surface area contributed by atoms with Gasteiger partial charge in [-0.05, 0) is 30.4 Å². The molecule has 2 atom stereocenters. The van der Waals surface area contributed by atoms with Crippen LogP contribution < -0.4 is 5.32 Å². The van der Waals surface area contributed by atoms with Gasteiger partial charge in [-0.2, -0.15) is 5.10 Å². The third kappa shape index (κ3) is 2.62. The van der Waals surface area contributed by atoms with Gasteiger partial charge in [0.2, 0.25) is 11.1 Å². The number of hydrogen-bond acceptors (Lipinski definition) is 5. The number of nitrogens with one attached hydrogen (secondary N) is 1. The first-order valence-corrected chi connectivity index (χ1v) is 10.1. The van der Waals surface area contributed by atoms with Crippen molar-refractivity contribution >= 4 is 35.0 Å². The number of halogens is 1. The van der Waals surface area contributed by atoms with Crippen LogP contribution in [0.4, 0.5) is 5.69 Å². The molecule has 4 rings (SSSR count). The van der Waals surface area contributed by atoms with Gasteiger partial charge in [-0.3, -0.25) is 4.79 Å². The van der Waals surface area contributed by atoms with Crippen molar-refractivity contribution in [1.29, 1.82) is 0 Å². The highest BCUT2D eigenvalue weighted by molar-refractivity contribution is 7.99. The van der Waals surface area contributed by atoms with Gasteiger partial charge in [0.1, 0.15) is 0 Å². The van der Waals surface area contributed by atoms with Gasteiger partial charge < -0.3 is 5.32 Å². The average Bonchev–Trinajstić information content (AvgIpc) is 2.94. The third-order valence-corrected chi connectivity index (χ3v) is 7.42. The predicted molar refractivity (Wildman–Crippen MR) is 104 cm³/mol. The van der Waals surface area contributed by atoms with E-state index in [0.717, 1.165) is 24.2 Å². The minimum atomic E-state index is -0.139. The molecule has 2 bridgehead atoms. The molecule has 1 fully saturated rings. The maximum absolute atomic E-state index is 12.2. The van der Waals surface area contributed by atoms with Gasteiger partial charge in [0.15, 0.2) is 0 Å². The second-order valence-corrected chi connectivity index (χ2v) is 9.14. The minimum Gasteiger partial charge on any atom is -0.324 e. The average molecular weight is 389 g/mol. The Kier molecular flexibility index (Phi) is 4.23. The van der Waals surface area contributed by atoms with Crippen LogP contribution in [0.15, 0.2) is 29.4 Å². The van der Waals surface area contributed by atoms with Crippen LogP contribution in [0.5, 0.6) is 0 Å². The van der Waals surface area contributed by atoms with E-state index in [9.17, 15) is 4.79 Å². The molecule has 2 aliphatic rings. The highest BCUT2D eigenvalue weighted by atomic mass is 35.5. The van der Waals surface area contributed by atoms with E-state index >= 15 is 0 Å². The Morgan fingerprint density at radius 3 is 2.85 bits per heavy atom. The molecule has 1 N–H and O–H groups in total. The van der Waals surface area contributed by atoms with Gasteiger partial charge in [-0.1, -0.05) is 56.3 Å². The first-order valence-electron chi connectivity index (χ1n) is 8.75. The van der Waals surface area contributed by atoms with E-state index in [1.54, 1.807) is 12.1 Å². The van der Waals surface area contributed by atoms with Crippen molar-refractivity contribution in [3.8, 4) is 0 Å². The van der Waals surface area contributed by atoms with Gasteiger partial charge in [0.25, 0.3) is 0 Å². The summed E-state index contributed by atoms with van der Waals surface area (Å²) >= 11 is 7.38. The summed E-state index contributed by atoms with van der Waals surface area (Å²) in [6.07, 6.45) is 2.28. The van der Waals surface area contributed by atoms with Crippen LogP contribution in [-0.4, -0.2) is 26.8 Å². The molecule has 2 unspecified atom stereocenters. The first kappa shape index (κ1) is 17.7. The molecule has 0 saturated heterocycles. The number of rotatable bonds is 4. The van der Waals surface area contributed by atoms with E-state index in [2.05, 4.69) is 36.3 Å². The van der Waals surface area contributed by atoms with Gasteiger partial charge in [0.05, 0.1) is 27.9 Å². The molecule has 5 nitrogen and oxygen atoms in total. The lowest BCUT2D eigenvalue weighted by atomic mass is 9.70. The number of carbonyl (C=O) groups is 1. The van der Waals surface area contributed by atoms with Crippen LogP contribution in [-0.2, 0) is 10.2 Å². The number of benzene rings is 1. The zero-order chi connectivity index (χ0) is 18.5. The number of anilines is 1. The molecule has 1 aromatic heterocycles. The van der Waals surface area contributed by atoms with E-state index in [1.807, 2.05) is 12.1 Å². The van der Waals surface area contributed by atoms with E-state index < -0.39 is 0 Å². The third-order valence-electron chi connectivity index (χ3n) is 6.25. The zero-order valence-corrected chi connectivity index (χ0v) is 16.6. The highest BCUT2D eigenvalue weighted by Gasteiger charge is 2.61. The van der Waals surface area contributed by atoms with Crippen molar-refractivity contribution in [2.24, 2.45) is 5.41 Å². The lowest BCUT2D eigenvalue weighted by Crippen LogP contribution is -2.32. The largest absolute Gasteiger partial charge is 0.324 e. The Bertz CT molecular complexity index is 888. The van der Waals surface area contributed by atoms with Gasteiger partial charge in [-0.25, -0.2) is 4.98 Å². The van der Waals surface area contributed by atoms with Crippen LogP contribution >= 0.6 is 23.4 Å². The van der Waals surface area contributed by atoms with Crippen molar-refractivity contribution in [3.63, 3.8) is 0 Å². The zero-order valence-electron chi connectivity index (χ0n) is 15.0. The van der Waals surface area contributed by atoms with Crippen LogP contribution in [0.25, 0.3) is 0 Å². The normalized spacial score (nSPS) is 25.2. The van der Waals surface area contributed by atoms with Crippen LogP contribution in [0.3, 0.4) is 0 Å². The molecule has 0 radical (unpaired) electrons. The van der Waals surface area contributed by atoms with Gasteiger partial charge in [-0.15, -0.1) is 5.10 Å². The van der Waals surface area contributed by atoms with E-state index in [0.29, 0.717) is 21.8 Å². The van der Waals surface area contributed by atoms with Crippen molar-refractivity contribution in [3.05, 3.63) is 40.7 Å². The fourth-order valence-electron chi connectivity index (χ4n) is 4.30. The molecule has 26 heavy (non-hydrogen) atoms. The lowest BCUT2D eigenvalue weighted by Gasteiger charge is -2.33. The maximum atomic E-state index is 12.2. The van der Waals surface area contributed by atoms with E-state index in [4.69, 9.17) is 16.6 Å². The molecular weight excluding hydrogens is 368 g/mol. The molecule has 0 spiro atoms. The SMILES string of the molecule is CC12CCC(c3nnc(SCC(=O)Nc4ccccc4Cl)nc31)C2(C)C. The molecule has 7 heteroatoms. The Labute approximate surface area is 162 Å². The summed E-state index contributed by atoms with van der Waals surface area (Å²) in [6.45, 7) is 6.89. The smallest absolute Gasteiger partial charge is 0.234 e. The van der Waals surface area contributed by atoms with Crippen molar-refractivity contribution < 1.29 is 4.79 Å². The number of amides is 1. The summed E-state index contributed by atoms with van der Waals surface area (Å²) in [5.74, 6) is 0.514. The van der Waals surface area contributed by atoms with Crippen LogP contribution in [0, 0.1) is 5.41 Å². The maximum Gasteiger partial charge on any atom is 0.234 e. The summed E-state index contributed by atoms with van der Waals surface area (Å²) in [7, 11) is 0. The second-order valence-electron chi connectivity index (χ2n) is 7.79. The molecule has 1 amide bonds. The molecular formula is C19H21ClN4OS. The molecule has 1 saturated carbocycles. The van der Waals surface area contributed by atoms with E-state index in [1.165, 1.54) is 11.8 Å². The molecule has 136 valence electrons. The number of para-hydroxylation sites is 1. The fourth-order valence-corrected chi connectivity index (χ4v) is 5.07. The lowest BCUT2D eigenvalue weighted by molar-refractivity contribution is -0.113. The number of nitrogens with zero attached hydrogens (tertiary/aromatic N) is 3. The monoisotopic (exact) mass is 388 g/mol. The Morgan fingerprint density at radius 2 is 2.08 bits per heavy atom. The Balaban J connectivity index is 1.47. The van der Waals surface area contributed by atoms with Crippen molar-refractivity contribution in [2.75, 3.05) is 11.1 Å². The standard InChI is InChI=1S/C19H21ClN4OS/c1-18(2)11-8-9-19(18,3)16-15(11)23-24-17(22-16)26-10-14(25)21-13-7-5-4-6-12(13)20/h4-7,11H,8-10H2,1-3H3,(H,21,25). The first-order chi connectivity index (χ1) is 12.3. The number of aromatic nitrogens is 3. The Morgan fingerprint density at radius 1 is 1.31 bits per heavy atom. The number of thioether (sulfide) groups is 1. The number of fused-ring (bicyclic) bond motifs is 5.